The second kappa shape index (κ2) is 9.60. The zero-order chi connectivity index (χ0) is 17.4. The fourth-order valence-electron chi connectivity index (χ4n) is 4.64. The first-order chi connectivity index (χ1) is 12.1. The number of nitrogens with one attached hydrogen (secondary N) is 1. The Balaban J connectivity index is 0.00000131. The van der Waals surface area contributed by atoms with Crippen molar-refractivity contribution in [1.82, 2.24) is 15.1 Å². The normalized spacial score (nSPS) is 26.3. The van der Waals surface area contributed by atoms with Gasteiger partial charge in [0.25, 0.3) is 5.91 Å². The van der Waals surface area contributed by atoms with E-state index in [9.17, 15) is 4.79 Å². The molecule has 1 N–H and O–H groups in total. The summed E-state index contributed by atoms with van der Waals surface area (Å²) in [7, 11) is 1.98. The Labute approximate surface area is 175 Å². The monoisotopic (exact) mass is 413 g/mol. The molecule has 3 fully saturated rings. The van der Waals surface area contributed by atoms with Gasteiger partial charge in [-0.2, -0.15) is 0 Å². The summed E-state index contributed by atoms with van der Waals surface area (Å²) in [4.78, 5) is 17.4. The molecule has 152 valence electrons. The molecule has 2 saturated heterocycles. The van der Waals surface area contributed by atoms with Gasteiger partial charge in [0.1, 0.15) is 0 Å². The van der Waals surface area contributed by atoms with Crippen LogP contribution in [0.1, 0.15) is 61.4 Å². The Kier molecular flexibility index (Phi) is 7.99. The number of carbonyl (C=O) groups excluding carboxylic acids is 1. The van der Waals surface area contributed by atoms with Crippen LogP contribution in [0.2, 0.25) is 0 Å². The first kappa shape index (κ1) is 22.5. The number of halogens is 2. The number of rotatable bonds is 6. The second-order valence-corrected chi connectivity index (χ2v) is 8.17. The van der Waals surface area contributed by atoms with Gasteiger partial charge in [-0.1, -0.05) is 19.1 Å². The molecular formula is C21H33Cl2N3O. The molecule has 27 heavy (non-hydrogen) atoms. The largest absolute Gasteiger partial charge is 0.339 e. The third kappa shape index (κ3) is 5.17. The lowest BCUT2D eigenvalue weighted by atomic mass is 9.98. The topological polar surface area (TPSA) is 35.6 Å². The van der Waals surface area contributed by atoms with Gasteiger partial charge < -0.3 is 10.2 Å². The Hall–Kier alpha value is -0.810. The highest BCUT2D eigenvalue weighted by Gasteiger charge is 2.36. The molecule has 0 aromatic heterocycles. The van der Waals surface area contributed by atoms with Crippen molar-refractivity contribution in [3.05, 3.63) is 35.4 Å². The first-order valence-electron chi connectivity index (χ1n) is 10.00. The number of piperidine rings is 1. The lowest BCUT2D eigenvalue weighted by Gasteiger charge is -2.35. The molecule has 2 atom stereocenters. The highest BCUT2D eigenvalue weighted by Crippen LogP contribution is 2.30. The molecule has 2 heterocycles. The maximum Gasteiger partial charge on any atom is 0.253 e. The number of amides is 1. The Morgan fingerprint density at radius 3 is 2.11 bits per heavy atom. The van der Waals surface area contributed by atoms with Crippen LogP contribution in [0.25, 0.3) is 0 Å². The molecule has 1 amide bonds. The summed E-state index contributed by atoms with van der Waals surface area (Å²) in [5.41, 5.74) is 2.14. The van der Waals surface area contributed by atoms with Crippen LogP contribution in [0.3, 0.4) is 0 Å². The molecule has 0 spiro atoms. The summed E-state index contributed by atoms with van der Waals surface area (Å²) >= 11 is 0. The van der Waals surface area contributed by atoms with Crippen LogP contribution in [0.5, 0.6) is 0 Å². The fraction of sp³-hybridized carbons (Fsp3) is 0.667. The number of carbonyl (C=O) groups is 1. The third-order valence-electron chi connectivity index (χ3n) is 6.37. The second-order valence-electron chi connectivity index (χ2n) is 8.17. The molecule has 3 aliphatic rings. The molecule has 1 aromatic carbocycles. The van der Waals surface area contributed by atoms with Crippen molar-refractivity contribution in [1.29, 1.82) is 0 Å². The van der Waals surface area contributed by atoms with Crippen molar-refractivity contribution in [2.45, 2.75) is 76.2 Å². The molecular weight excluding hydrogens is 381 g/mol. The summed E-state index contributed by atoms with van der Waals surface area (Å²) < 4.78 is 0. The van der Waals surface area contributed by atoms with E-state index in [4.69, 9.17) is 0 Å². The zero-order valence-electron chi connectivity index (χ0n) is 16.4. The van der Waals surface area contributed by atoms with E-state index in [-0.39, 0.29) is 30.7 Å². The van der Waals surface area contributed by atoms with Crippen molar-refractivity contribution < 1.29 is 4.79 Å². The van der Waals surface area contributed by atoms with Crippen LogP contribution >= 0.6 is 24.8 Å². The van der Waals surface area contributed by atoms with Gasteiger partial charge in [0.15, 0.2) is 0 Å². The number of benzene rings is 1. The van der Waals surface area contributed by atoms with Crippen LogP contribution in [0.4, 0.5) is 0 Å². The molecule has 2 aliphatic heterocycles. The SMILES string of the molecule is CCN(Cc1ccc(C(=O)N(C)C2CC3CCC(C2)N3)cc1)C1CC1.Cl.Cl. The van der Waals surface area contributed by atoms with Gasteiger partial charge in [0.2, 0.25) is 0 Å². The minimum absolute atomic E-state index is 0. The highest BCUT2D eigenvalue weighted by atomic mass is 35.5. The summed E-state index contributed by atoms with van der Waals surface area (Å²) in [5, 5.41) is 3.66. The smallest absolute Gasteiger partial charge is 0.253 e. The zero-order valence-corrected chi connectivity index (χ0v) is 18.0. The number of fused-ring (bicyclic) bond motifs is 2. The molecule has 6 heteroatoms. The summed E-state index contributed by atoms with van der Waals surface area (Å²) in [6.07, 6.45) is 7.42. The van der Waals surface area contributed by atoms with E-state index in [1.807, 2.05) is 24.1 Å². The summed E-state index contributed by atoms with van der Waals surface area (Å²) in [6, 6.07) is 10.7. The summed E-state index contributed by atoms with van der Waals surface area (Å²) in [6.45, 7) is 4.34. The van der Waals surface area contributed by atoms with E-state index in [1.54, 1.807) is 0 Å². The van der Waals surface area contributed by atoms with Crippen molar-refractivity contribution in [3.63, 3.8) is 0 Å². The molecule has 1 aliphatic carbocycles. The van der Waals surface area contributed by atoms with Gasteiger partial charge >= 0.3 is 0 Å². The van der Waals surface area contributed by atoms with Crippen molar-refractivity contribution in [2.75, 3.05) is 13.6 Å². The van der Waals surface area contributed by atoms with E-state index < -0.39 is 0 Å². The molecule has 4 nitrogen and oxygen atoms in total. The van der Waals surface area contributed by atoms with Crippen LogP contribution in [0, 0.1) is 0 Å². The maximum atomic E-state index is 12.9. The quantitative estimate of drug-likeness (QED) is 0.768. The number of hydrogen-bond donors (Lipinski definition) is 1. The van der Waals surface area contributed by atoms with Gasteiger partial charge in [-0.3, -0.25) is 9.69 Å². The van der Waals surface area contributed by atoms with Crippen molar-refractivity contribution in [3.8, 4) is 0 Å². The lowest BCUT2D eigenvalue weighted by Crippen LogP contribution is -2.48. The predicted octanol–water partition coefficient (Wildman–Crippen LogP) is 3.87. The van der Waals surface area contributed by atoms with Crippen molar-refractivity contribution >= 4 is 30.7 Å². The Bertz CT molecular complexity index is 608. The van der Waals surface area contributed by atoms with Gasteiger partial charge in [0, 0.05) is 43.3 Å². The van der Waals surface area contributed by atoms with E-state index in [1.165, 1.54) is 31.2 Å². The van der Waals surface area contributed by atoms with Crippen molar-refractivity contribution in [2.24, 2.45) is 0 Å². The van der Waals surface area contributed by atoms with Gasteiger partial charge in [0.05, 0.1) is 0 Å². The summed E-state index contributed by atoms with van der Waals surface area (Å²) in [5.74, 6) is 0.174. The first-order valence-corrected chi connectivity index (χ1v) is 10.00. The van der Waals surface area contributed by atoms with Crippen LogP contribution in [-0.2, 0) is 6.54 Å². The van der Waals surface area contributed by atoms with Crippen LogP contribution in [0.15, 0.2) is 24.3 Å². The maximum absolute atomic E-state index is 12.9. The Morgan fingerprint density at radius 2 is 1.59 bits per heavy atom. The minimum Gasteiger partial charge on any atom is -0.339 e. The molecule has 4 rings (SSSR count). The molecule has 1 saturated carbocycles. The van der Waals surface area contributed by atoms with E-state index in [0.29, 0.717) is 18.1 Å². The molecule has 1 aromatic rings. The average molecular weight is 414 g/mol. The predicted molar refractivity (Wildman–Crippen MR) is 115 cm³/mol. The minimum atomic E-state index is 0. The lowest BCUT2D eigenvalue weighted by molar-refractivity contribution is 0.0681. The van der Waals surface area contributed by atoms with Gasteiger partial charge in [-0.05, 0) is 62.8 Å². The van der Waals surface area contributed by atoms with E-state index >= 15 is 0 Å². The molecule has 2 unspecified atom stereocenters. The highest BCUT2D eigenvalue weighted by molar-refractivity contribution is 5.94. The van der Waals surface area contributed by atoms with E-state index in [2.05, 4.69) is 29.3 Å². The standard InChI is InChI=1S/C21H31N3O.2ClH/c1-3-24(19-10-11-19)14-15-4-6-16(7-5-15)21(25)23(2)20-12-17-8-9-18(13-20)22-17;;/h4-7,17-20,22H,3,8-14H2,1-2H3;2*1H. The third-order valence-corrected chi connectivity index (χ3v) is 6.37. The van der Waals surface area contributed by atoms with E-state index in [0.717, 1.165) is 37.5 Å². The fourth-order valence-corrected chi connectivity index (χ4v) is 4.64. The molecule has 2 bridgehead atoms. The molecule has 0 radical (unpaired) electrons. The van der Waals surface area contributed by atoms with Gasteiger partial charge in [-0.15, -0.1) is 24.8 Å². The van der Waals surface area contributed by atoms with Crippen LogP contribution in [-0.4, -0.2) is 53.5 Å². The number of nitrogens with zero attached hydrogens (tertiary/aromatic N) is 2. The Morgan fingerprint density at radius 1 is 1.00 bits per heavy atom. The average Bonchev–Trinajstić information content (AvgIpc) is 3.43. The van der Waals surface area contributed by atoms with Gasteiger partial charge in [-0.25, -0.2) is 0 Å². The van der Waals surface area contributed by atoms with Crippen LogP contribution < -0.4 is 5.32 Å². The number of hydrogen-bond acceptors (Lipinski definition) is 3.